The zero-order valence-electron chi connectivity index (χ0n) is 14.8. The number of amides is 2. The first kappa shape index (κ1) is 18.3. The van der Waals surface area contributed by atoms with Gasteiger partial charge in [-0.15, -0.1) is 0 Å². The minimum absolute atomic E-state index is 0.0756. The van der Waals surface area contributed by atoms with E-state index >= 15 is 0 Å². The van der Waals surface area contributed by atoms with E-state index in [1.807, 2.05) is 30.3 Å². The van der Waals surface area contributed by atoms with Gasteiger partial charge in [0.2, 0.25) is 5.91 Å². The molecule has 0 saturated carbocycles. The monoisotopic (exact) mass is 372 g/mol. The van der Waals surface area contributed by atoms with Crippen molar-refractivity contribution in [3.8, 4) is 5.75 Å². The van der Waals surface area contributed by atoms with Crippen LogP contribution in [-0.2, 0) is 16.0 Å². The van der Waals surface area contributed by atoms with E-state index in [1.54, 1.807) is 32.0 Å². The number of hydrogen-bond acceptors (Lipinski definition) is 3. The molecule has 0 aromatic heterocycles. The molecule has 0 aliphatic carbocycles. The summed E-state index contributed by atoms with van der Waals surface area (Å²) in [6.45, 7) is 3.81. The second-order valence-electron chi connectivity index (χ2n) is 6.70. The lowest BCUT2D eigenvalue weighted by Crippen LogP contribution is -2.55. The molecular weight excluding hydrogens is 352 g/mol. The summed E-state index contributed by atoms with van der Waals surface area (Å²) in [4.78, 5) is 26.5. The highest BCUT2D eigenvalue weighted by Gasteiger charge is 2.41. The Morgan fingerprint density at radius 1 is 1.19 bits per heavy atom. The van der Waals surface area contributed by atoms with Crippen molar-refractivity contribution in [2.75, 3.05) is 18.0 Å². The SMILES string of the molecule is CC1(C)Oc2ccc(Cl)cc2N(CC(=O)NCCc2ccccc2)C1=O. The molecule has 1 aliphatic heterocycles. The predicted octanol–water partition coefficient (Wildman–Crippen LogP) is 3.20. The van der Waals surface area contributed by atoms with E-state index in [2.05, 4.69) is 5.32 Å². The molecular formula is C20H21ClN2O3. The summed E-state index contributed by atoms with van der Waals surface area (Å²) in [5.74, 6) is 0.0412. The maximum atomic E-state index is 12.7. The number of rotatable bonds is 5. The highest BCUT2D eigenvalue weighted by Crippen LogP contribution is 2.39. The maximum Gasteiger partial charge on any atom is 0.271 e. The molecule has 0 unspecified atom stereocenters. The first-order chi connectivity index (χ1) is 12.4. The van der Waals surface area contributed by atoms with Gasteiger partial charge in [0.15, 0.2) is 5.60 Å². The van der Waals surface area contributed by atoms with Crippen LogP contribution in [-0.4, -0.2) is 30.5 Å². The standard InChI is InChI=1S/C20H21ClN2O3/c1-20(2)19(25)23(16-12-15(21)8-9-17(16)26-20)13-18(24)22-11-10-14-6-4-3-5-7-14/h3-9,12H,10-11,13H2,1-2H3,(H,22,24). The molecule has 1 N–H and O–H groups in total. The smallest absolute Gasteiger partial charge is 0.271 e. The van der Waals surface area contributed by atoms with Crippen LogP contribution < -0.4 is 15.0 Å². The van der Waals surface area contributed by atoms with Crippen molar-refractivity contribution in [1.29, 1.82) is 0 Å². The Morgan fingerprint density at radius 3 is 2.65 bits per heavy atom. The van der Waals surface area contributed by atoms with E-state index in [4.69, 9.17) is 16.3 Å². The van der Waals surface area contributed by atoms with Crippen LogP contribution in [0.4, 0.5) is 5.69 Å². The highest BCUT2D eigenvalue weighted by atomic mass is 35.5. The Balaban J connectivity index is 1.68. The van der Waals surface area contributed by atoms with Crippen molar-refractivity contribution >= 4 is 29.1 Å². The van der Waals surface area contributed by atoms with Crippen molar-refractivity contribution in [3.63, 3.8) is 0 Å². The van der Waals surface area contributed by atoms with Crippen LogP contribution in [0.5, 0.6) is 5.75 Å². The Labute approximate surface area is 157 Å². The van der Waals surface area contributed by atoms with E-state index in [0.717, 1.165) is 12.0 Å². The second kappa shape index (κ2) is 7.38. The summed E-state index contributed by atoms with van der Waals surface area (Å²) in [5, 5.41) is 3.35. The highest BCUT2D eigenvalue weighted by molar-refractivity contribution is 6.31. The summed E-state index contributed by atoms with van der Waals surface area (Å²) < 4.78 is 5.76. The van der Waals surface area contributed by atoms with Crippen LogP contribution in [0.2, 0.25) is 5.02 Å². The molecule has 0 atom stereocenters. The Morgan fingerprint density at radius 2 is 1.92 bits per heavy atom. The number of carbonyl (C=O) groups excluding carboxylic acids is 2. The molecule has 26 heavy (non-hydrogen) atoms. The third-order valence-corrected chi connectivity index (χ3v) is 4.45. The van der Waals surface area contributed by atoms with Gasteiger partial charge in [-0.25, -0.2) is 0 Å². The third-order valence-electron chi connectivity index (χ3n) is 4.22. The maximum absolute atomic E-state index is 12.7. The molecule has 2 aromatic rings. The van der Waals surface area contributed by atoms with Gasteiger partial charge in [-0.3, -0.25) is 14.5 Å². The van der Waals surface area contributed by atoms with Gasteiger partial charge >= 0.3 is 0 Å². The lowest BCUT2D eigenvalue weighted by Gasteiger charge is -2.38. The van der Waals surface area contributed by atoms with Crippen LogP contribution in [0.3, 0.4) is 0 Å². The zero-order valence-corrected chi connectivity index (χ0v) is 15.5. The van der Waals surface area contributed by atoms with E-state index in [1.165, 1.54) is 4.90 Å². The molecule has 1 heterocycles. The molecule has 1 aliphatic rings. The lowest BCUT2D eigenvalue weighted by molar-refractivity contribution is -0.134. The van der Waals surface area contributed by atoms with Gasteiger partial charge in [0.25, 0.3) is 5.91 Å². The van der Waals surface area contributed by atoms with Gasteiger partial charge in [0.05, 0.1) is 5.69 Å². The number of ether oxygens (including phenoxy) is 1. The zero-order chi connectivity index (χ0) is 18.7. The van der Waals surface area contributed by atoms with Gasteiger partial charge in [-0.2, -0.15) is 0 Å². The number of halogens is 1. The number of anilines is 1. The first-order valence-electron chi connectivity index (χ1n) is 8.48. The topological polar surface area (TPSA) is 58.6 Å². The van der Waals surface area contributed by atoms with Gasteiger partial charge in [0.1, 0.15) is 12.3 Å². The van der Waals surface area contributed by atoms with Gasteiger partial charge in [-0.05, 0) is 44.0 Å². The molecule has 0 radical (unpaired) electrons. The van der Waals surface area contributed by atoms with E-state index < -0.39 is 5.60 Å². The Kier molecular flexibility index (Phi) is 5.18. The number of hydrogen-bond donors (Lipinski definition) is 1. The van der Waals surface area contributed by atoms with E-state index in [0.29, 0.717) is 23.0 Å². The molecule has 6 heteroatoms. The molecule has 0 bridgehead atoms. The molecule has 0 spiro atoms. The molecule has 2 aromatic carbocycles. The van der Waals surface area contributed by atoms with Crippen molar-refractivity contribution < 1.29 is 14.3 Å². The Bertz CT molecular complexity index is 821. The molecule has 3 rings (SSSR count). The number of carbonyl (C=O) groups is 2. The molecule has 5 nitrogen and oxygen atoms in total. The summed E-state index contributed by atoms with van der Waals surface area (Å²) in [6.07, 6.45) is 0.734. The van der Waals surface area contributed by atoms with Crippen LogP contribution in [0, 0.1) is 0 Å². The largest absolute Gasteiger partial charge is 0.476 e. The Hall–Kier alpha value is -2.53. The predicted molar refractivity (Wildman–Crippen MR) is 102 cm³/mol. The van der Waals surface area contributed by atoms with Crippen LogP contribution in [0.25, 0.3) is 0 Å². The molecule has 0 fully saturated rings. The average molecular weight is 373 g/mol. The number of nitrogens with zero attached hydrogens (tertiary/aromatic N) is 1. The van der Waals surface area contributed by atoms with Gasteiger partial charge in [-0.1, -0.05) is 41.9 Å². The summed E-state index contributed by atoms with van der Waals surface area (Å²) in [5.41, 5.74) is 0.624. The summed E-state index contributed by atoms with van der Waals surface area (Å²) in [7, 11) is 0. The summed E-state index contributed by atoms with van der Waals surface area (Å²) in [6, 6.07) is 15.0. The fraction of sp³-hybridized carbons (Fsp3) is 0.300. The minimum Gasteiger partial charge on any atom is -0.476 e. The second-order valence-corrected chi connectivity index (χ2v) is 7.14. The number of nitrogens with one attached hydrogen (secondary N) is 1. The van der Waals surface area contributed by atoms with Crippen molar-refractivity contribution in [2.24, 2.45) is 0 Å². The first-order valence-corrected chi connectivity index (χ1v) is 8.86. The van der Waals surface area contributed by atoms with Crippen molar-refractivity contribution in [1.82, 2.24) is 5.32 Å². The molecule has 136 valence electrons. The van der Waals surface area contributed by atoms with E-state index in [9.17, 15) is 9.59 Å². The fourth-order valence-corrected chi connectivity index (χ4v) is 3.05. The van der Waals surface area contributed by atoms with Gasteiger partial charge < -0.3 is 10.1 Å². The lowest BCUT2D eigenvalue weighted by atomic mass is 10.0. The average Bonchev–Trinajstić information content (AvgIpc) is 2.60. The van der Waals surface area contributed by atoms with Crippen LogP contribution in [0.15, 0.2) is 48.5 Å². The minimum atomic E-state index is -1.04. The quantitative estimate of drug-likeness (QED) is 0.876. The molecule has 0 saturated heterocycles. The van der Waals surface area contributed by atoms with Crippen LogP contribution >= 0.6 is 11.6 Å². The fourth-order valence-electron chi connectivity index (χ4n) is 2.89. The normalized spacial score (nSPS) is 15.2. The third kappa shape index (κ3) is 3.99. The molecule has 2 amide bonds. The van der Waals surface area contributed by atoms with Crippen molar-refractivity contribution in [2.45, 2.75) is 25.9 Å². The van der Waals surface area contributed by atoms with E-state index in [-0.39, 0.29) is 18.4 Å². The number of fused-ring (bicyclic) bond motifs is 1. The summed E-state index contributed by atoms with van der Waals surface area (Å²) >= 11 is 6.05. The number of benzene rings is 2. The van der Waals surface area contributed by atoms with Crippen LogP contribution in [0.1, 0.15) is 19.4 Å². The van der Waals surface area contributed by atoms with Gasteiger partial charge in [0, 0.05) is 11.6 Å². The van der Waals surface area contributed by atoms with Crippen molar-refractivity contribution in [3.05, 3.63) is 59.1 Å².